The highest BCUT2D eigenvalue weighted by Crippen LogP contribution is 2.33. The van der Waals surface area contributed by atoms with Gasteiger partial charge < -0.3 is 4.74 Å². The number of hydrogen-bond donors (Lipinski definition) is 0. The van der Waals surface area contributed by atoms with Gasteiger partial charge in [-0.05, 0) is 11.6 Å². The summed E-state index contributed by atoms with van der Waals surface area (Å²) in [6.45, 7) is -0.0786. The highest BCUT2D eigenvalue weighted by molar-refractivity contribution is 6.29. The number of hydrogen-bond acceptors (Lipinski definition) is 5. The molecule has 3 rings (SSSR count). The van der Waals surface area contributed by atoms with Crippen molar-refractivity contribution in [3.63, 3.8) is 0 Å². The first-order valence-electron chi connectivity index (χ1n) is 7.77. The van der Waals surface area contributed by atoms with Crippen LogP contribution in [0.3, 0.4) is 0 Å². The van der Waals surface area contributed by atoms with Gasteiger partial charge in [-0.25, -0.2) is 14.2 Å². The van der Waals surface area contributed by atoms with Gasteiger partial charge in [-0.3, -0.25) is 10.1 Å². The normalized spacial score (nSPS) is 10.4. The Kier molecular flexibility index (Phi) is 5.42. The number of pyridine rings is 1. The maximum Gasteiger partial charge on any atom is 0.346 e. The van der Waals surface area contributed by atoms with Crippen LogP contribution in [0.4, 0.5) is 10.1 Å². The maximum atomic E-state index is 14.2. The van der Waals surface area contributed by atoms with E-state index in [9.17, 15) is 19.3 Å². The summed E-state index contributed by atoms with van der Waals surface area (Å²) in [7, 11) is 0. The molecule has 1 aromatic heterocycles. The Balaban J connectivity index is 2.05. The number of carbonyl (C=O) groups is 1. The van der Waals surface area contributed by atoms with Gasteiger partial charge in [0.05, 0.1) is 11.1 Å². The van der Waals surface area contributed by atoms with E-state index < -0.39 is 22.4 Å². The minimum Gasteiger partial charge on any atom is -0.457 e. The van der Waals surface area contributed by atoms with Crippen molar-refractivity contribution in [3.05, 3.63) is 93.0 Å². The summed E-state index contributed by atoms with van der Waals surface area (Å²) < 4.78 is 19.5. The van der Waals surface area contributed by atoms with Gasteiger partial charge >= 0.3 is 5.97 Å². The van der Waals surface area contributed by atoms with Crippen LogP contribution >= 0.6 is 11.6 Å². The van der Waals surface area contributed by atoms with Crippen molar-refractivity contribution < 1.29 is 18.8 Å². The lowest BCUT2D eigenvalue weighted by atomic mass is 9.98. The monoisotopic (exact) mass is 386 g/mol. The topological polar surface area (TPSA) is 82.3 Å². The van der Waals surface area contributed by atoms with Crippen molar-refractivity contribution in [2.24, 2.45) is 0 Å². The summed E-state index contributed by atoms with van der Waals surface area (Å²) in [5, 5.41) is 11.4. The number of halogens is 2. The van der Waals surface area contributed by atoms with E-state index in [-0.39, 0.29) is 28.5 Å². The Morgan fingerprint density at radius 2 is 1.89 bits per heavy atom. The third kappa shape index (κ3) is 4.09. The molecule has 0 saturated carbocycles. The maximum absolute atomic E-state index is 14.2. The first-order chi connectivity index (χ1) is 13.0. The van der Waals surface area contributed by atoms with Gasteiger partial charge in [0.2, 0.25) is 0 Å². The Bertz CT molecular complexity index is 1010. The van der Waals surface area contributed by atoms with Gasteiger partial charge in [-0.1, -0.05) is 54.1 Å². The van der Waals surface area contributed by atoms with Crippen LogP contribution in [0.5, 0.6) is 0 Å². The second-order valence-electron chi connectivity index (χ2n) is 5.51. The second-order valence-corrected chi connectivity index (χ2v) is 5.89. The van der Waals surface area contributed by atoms with E-state index in [1.807, 2.05) is 0 Å². The van der Waals surface area contributed by atoms with Crippen LogP contribution in [0.1, 0.15) is 15.9 Å². The van der Waals surface area contributed by atoms with Crippen LogP contribution < -0.4 is 0 Å². The molecule has 0 aliphatic heterocycles. The van der Waals surface area contributed by atoms with Crippen molar-refractivity contribution in [1.29, 1.82) is 0 Å². The molecule has 2 aromatic carbocycles. The van der Waals surface area contributed by atoms with Crippen LogP contribution in [-0.4, -0.2) is 15.9 Å². The van der Waals surface area contributed by atoms with Gasteiger partial charge in [0.15, 0.2) is 0 Å². The van der Waals surface area contributed by atoms with E-state index in [2.05, 4.69) is 4.98 Å². The Morgan fingerprint density at radius 3 is 2.59 bits per heavy atom. The molecule has 0 fully saturated rings. The molecule has 0 saturated heterocycles. The average molecular weight is 387 g/mol. The molecule has 0 unspecified atom stereocenters. The standard InChI is InChI=1S/C19H12ClFN2O4/c20-17-9-14(15(21)10-22-17)13-7-4-8-16(23(25)26)18(13)19(24)27-11-12-5-2-1-3-6-12/h1-10H,11H2. The van der Waals surface area contributed by atoms with Crippen LogP contribution in [0.15, 0.2) is 60.8 Å². The lowest BCUT2D eigenvalue weighted by Gasteiger charge is -2.11. The molecule has 0 aliphatic rings. The zero-order valence-corrected chi connectivity index (χ0v) is 14.5. The van der Waals surface area contributed by atoms with E-state index in [1.54, 1.807) is 30.3 Å². The average Bonchev–Trinajstić information content (AvgIpc) is 2.68. The molecule has 0 bridgehead atoms. The second kappa shape index (κ2) is 7.92. The number of ether oxygens (including phenoxy) is 1. The van der Waals surface area contributed by atoms with Crippen molar-refractivity contribution >= 4 is 23.3 Å². The molecule has 0 spiro atoms. The summed E-state index contributed by atoms with van der Waals surface area (Å²) in [4.78, 5) is 26.9. The van der Waals surface area contributed by atoms with Crippen LogP contribution in [0, 0.1) is 15.9 Å². The first kappa shape index (κ1) is 18.5. The third-order valence-corrected chi connectivity index (χ3v) is 3.97. The number of rotatable bonds is 5. The third-order valence-electron chi connectivity index (χ3n) is 3.77. The predicted molar refractivity (Wildman–Crippen MR) is 96.9 cm³/mol. The Hall–Kier alpha value is -3.32. The summed E-state index contributed by atoms with van der Waals surface area (Å²) in [6.07, 6.45) is 0.885. The van der Waals surface area contributed by atoms with Crippen LogP contribution in [-0.2, 0) is 11.3 Å². The molecular weight excluding hydrogens is 375 g/mol. The predicted octanol–water partition coefficient (Wildman–Crippen LogP) is 4.81. The molecule has 0 aliphatic carbocycles. The number of carbonyl (C=O) groups excluding carboxylic acids is 1. The SMILES string of the molecule is O=C(OCc1ccccc1)c1c(-c2cc(Cl)ncc2F)cccc1[N+](=O)[O-]. The fraction of sp³-hybridized carbons (Fsp3) is 0.0526. The van der Waals surface area contributed by atoms with Crippen LogP contribution in [0.2, 0.25) is 5.15 Å². The summed E-state index contributed by atoms with van der Waals surface area (Å²) in [5.41, 5.74) is -0.198. The molecule has 136 valence electrons. The van der Waals surface area contributed by atoms with E-state index >= 15 is 0 Å². The number of nitrogens with zero attached hydrogens (tertiary/aromatic N) is 2. The molecule has 6 nitrogen and oxygen atoms in total. The lowest BCUT2D eigenvalue weighted by Crippen LogP contribution is -2.10. The summed E-state index contributed by atoms with van der Waals surface area (Å²) in [6, 6.07) is 13.9. The fourth-order valence-corrected chi connectivity index (χ4v) is 2.70. The largest absolute Gasteiger partial charge is 0.457 e. The molecule has 1 heterocycles. The minimum atomic E-state index is -0.937. The van der Waals surface area contributed by atoms with Crippen molar-refractivity contribution in [1.82, 2.24) is 4.98 Å². The minimum absolute atomic E-state index is 0.00376. The van der Waals surface area contributed by atoms with Crippen molar-refractivity contribution in [2.45, 2.75) is 6.61 Å². The van der Waals surface area contributed by atoms with Gasteiger partial charge in [-0.15, -0.1) is 0 Å². The zero-order chi connectivity index (χ0) is 19.4. The lowest BCUT2D eigenvalue weighted by molar-refractivity contribution is -0.385. The molecule has 27 heavy (non-hydrogen) atoms. The van der Waals surface area contributed by atoms with Gasteiger partial charge in [0.25, 0.3) is 5.69 Å². The summed E-state index contributed by atoms with van der Waals surface area (Å²) in [5.74, 6) is -1.70. The molecular formula is C19H12ClFN2O4. The quantitative estimate of drug-likeness (QED) is 0.272. The van der Waals surface area contributed by atoms with Gasteiger partial charge in [0, 0.05) is 17.2 Å². The van der Waals surface area contributed by atoms with Crippen LogP contribution in [0.25, 0.3) is 11.1 Å². The first-order valence-corrected chi connectivity index (χ1v) is 8.15. The zero-order valence-electron chi connectivity index (χ0n) is 13.8. The highest BCUT2D eigenvalue weighted by atomic mass is 35.5. The number of nitro benzene ring substituents is 1. The highest BCUT2D eigenvalue weighted by Gasteiger charge is 2.27. The van der Waals surface area contributed by atoms with E-state index in [1.165, 1.54) is 18.2 Å². The Morgan fingerprint density at radius 1 is 1.15 bits per heavy atom. The van der Waals surface area contributed by atoms with Gasteiger partial charge in [-0.2, -0.15) is 0 Å². The number of benzene rings is 2. The van der Waals surface area contributed by atoms with Crippen molar-refractivity contribution in [3.8, 4) is 11.1 Å². The molecule has 0 N–H and O–H groups in total. The number of esters is 1. The van der Waals surface area contributed by atoms with E-state index in [0.717, 1.165) is 12.3 Å². The smallest absolute Gasteiger partial charge is 0.346 e. The number of nitro groups is 1. The Labute approximate surface area is 158 Å². The van der Waals surface area contributed by atoms with E-state index in [4.69, 9.17) is 16.3 Å². The molecule has 0 amide bonds. The molecule has 0 radical (unpaired) electrons. The summed E-state index contributed by atoms with van der Waals surface area (Å²) >= 11 is 5.81. The molecule has 8 heteroatoms. The molecule has 0 atom stereocenters. The fourth-order valence-electron chi connectivity index (χ4n) is 2.55. The molecule has 3 aromatic rings. The van der Waals surface area contributed by atoms with E-state index in [0.29, 0.717) is 5.56 Å². The van der Waals surface area contributed by atoms with Gasteiger partial charge in [0.1, 0.15) is 23.1 Å². The van der Waals surface area contributed by atoms with Crippen molar-refractivity contribution in [2.75, 3.05) is 0 Å². The number of aromatic nitrogens is 1.